The molecule has 0 bridgehead atoms. The number of ether oxygens (including phenoxy) is 2. The maximum atomic E-state index is 12.6. The largest absolute Gasteiger partial charge is 0.495 e. The average Bonchev–Trinajstić information content (AvgIpc) is 3.18. The molecule has 152 valence electrons. The molecule has 0 amide bonds. The molecule has 0 aliphatic carbocycles. The maximum Gasteiger partial charge on any atom is 0.491 e. The van der Waals surface area contributed by atoms with Gasteiger partial charge in [-0.3, -0.25) is 4.98 Å². The van der Waals surface area contributed by atoms with Crippen molar-refractivity contribution in [3.8, 4) is 34.3 Å². The van der Waals surface area contributed by atoms with Crippen LogP contribution in [-0.4, -0.2) is 39.2 Å². The van der Waals surface area contributed by atoms with E-state index in [1.807, 2.05) is 13.8 Å². The van der Waals surface area contributed by atoms with E-state index in [2.05, 4.69) is 24.7 Å². The standard InChI is InChI=1S/C19H17F3N4O3/c1-10(2)15-9-24-16(26-15)14-6-11(4-5-23-14)13-7-12(28-3)8-25-17(13)29-18(27)19(20,21)22/h4-10H,1-3H3,(H,24,26). The molecule has 0 fully saturated rings. The highest BCUT2D eigenvalue weighted by Crippen LogP contribution is 2.34. The molecule has 0 aliphatic rings. The molecule has 0 aliphatic heterocycles. The number of aromatic amines is 1. The SMILES string of the molecule is COc1cnc(OC(=O)C(F)(F)F)c(-c2ccnc(-c3ncc(C(C)C)[nH]3)c2)c1. The van der Waals surface area contributed by atoms with Gasteiger partial charge in [0.05, 0.1) is 13.3 Å². The predicted molar refractivity (Wildman–Crippen MR) is 97.4 cm³/mol. The summed E-state index contributed by atoms with van der Waals surface area (Å²) in [5.41, 5.74) is 1.94. The third-order valence-electron chi connectivity index (χ3n) is 4.01. The highest BCUT2D eigenvalue weighted by molar-refractivity contribution is 5.81. The summed E-state index contributed by atoms with van der Waals surface area (Å²) in [5.74, 6) is -1.84. The van der Waals surface area contributed by atoms with Crippen LogP contribution >= 0.6 is 0 Å². The number of imidazole rings is 1. The first-order valence-corrected chi connectivity index (χ1v) is 8.53. The summed E-state index contributed by atoms with van der Waals surface area (Å²) < 4.78 is 47.4. The van der Waals surface area contributed by atoms with Crippen LogP contribution in [0.5, 0.6) is 11.6 Å². The van der Waals surface area contributed by atoms with Crippen molar-refractivity contribution in [3.05, 3.63) is 42.5 Å². The lowest BCUT2D eigenvalue weighted by molar-refractivity contribution is -0.189. The molecule has 10 heteroatoms. The van der Waals surface area contributed by atoms with Gasteiger partial charge in [-0.15, -0.1) is 0 Å². The summed E-state index contributed by atoms with van der Waals surface area (Å²) in [6, 6.07) is 4.58. The molecule has 0 saturated carbocycles. The van der Waals surface area contributed by atoms with Gasteiger partial charge < -0.3 is 14.5 Å². The number of halogens is 3. The van der Waals surface area contributed by atoms with Crippen molar-refractivity contribution in [2.75, 3.05) is 7.11 Å². The topological polar surface area (TPSA) is 90.0 Å². The summed E-state index contributed by atoms with van der Waals surface area (Å²) in [6.45, 7) is 4.01. The predicted octanol–water partition coefficient (Wildman–Crippen LogP) is 4.13. The van der Waals surface area contributed by atoms with Gasteiger partial charge >= 0.3 is 12.1 Å². The molecule has 3 rings (SSSR count). The number of methoxy groups -OCH3 is 1. The molecule has 3 aromatic rings. The molecule has 0 aromatic carbocycles. The Balaban J connectivity index is 2.03. The maximum absolute atomic E-state index is 12.6. The van der Waals surface area contributed by atoms with E-state index in [1.54, 1.807) is 18.3 Å². The number of carbonyl (C=O) groups is 1. The van der Waals surface area contributed by atoms with Crippen molar-refractivity contribution in [2.45, 2.75) is 25.9 Å². The Hall–Kier alpha value is -3.43. The molecule has 3 aromatic heterocycles. The number of aromatic nitrogens is 4. The first-order chi connectivity index (χ1) is 13.7. The fourth-order valence-electron chi connectivity index (χ4n) is 2.47. The molecule has 0 atom stereocenters. The van der Waals surface area contributed by atoms with Gasteiger partial charge in [-0.05, 0) is 29.7 Å². The van der Waals surface area contributed by atoms with Crippen molar-refractivity contribution >= 4 is 5.97 Å². The molecule has 3 heterocycles. The van der Waals surface area contributed by atoms with Crippen LogP contribution in [0.3, 0.4) is 0 Å². The number of pyridine rings is 2. The van der Waals surface area contributed by atoms with Crippen LogP contribution in [0.4, 0.5) is 13.2 Å². The van der Waals surface area contributed by atoms with Crippen LogP contribution in [0, 0.1) is 0 Å². The number of hydrogen-bond acceptors (Lipinski definition) is 6. The van der Waals surface area contributed by atoms with Gasteiger partial charge in [0.1, 0.15) is 11.4 Å². The zero-order chi connectivity index (χ0) is 21.2. The Morgan fingerprint density at radius 1 is 1.14 bits per heavy atom. The third-order valence-corrected chi connectivity index (χ3v) is 4.01. The van der Waals surface area contributed by atoms with Crippen LogP contribution in [0.2, 0.25) is 0 Å². The van der Waals surface area contributed by atoms with Crippen LogP contribution in [-0.2, 0) is 4.79 Å². The molecule has 0 saturated heterocycles. The second kappa shape index (κ2) is 7.90. The number of esters is 1. The molecule has 29 heavy (non-hydrogen) atoms. The van der Waals surface area contributed by atoms with Crippen molar-refractivity contribution in [3.63, 3.8) is 0 Å². The van der Waals surface area contributed by atoms with Crippen LogP contribution in [0.1, 0.15) is 25.5 Å². The van der Waals surface area contributed by atoms with E-state index in [0.29, 0.717) is 17.1 Å². The van der Waals surface area contributed by atoms with Gasteiger partial charge in [-0.2, -0.15) is 13.2 Å². The highest BCUT2D eigenvalue weighted by atomic mass is 19.4. The van der Waals surface area contributed by atoms with Crippen molar-refractivity contribution in [2.24, 2.45) is 0 Å². The van der Waals surface area contributed by atoms with Gasteiger partial charge in [0, 0.05) is 23.7 Å². The van der Waals surface area contributed by atoms with Crippen LogP contribution < -0.4 is 9.47 Å². The van der Waals surface area contributed by atoms with E-state index in [-0.39, 0.29) is 17.2 Å². The summed E-state index contributed by atoms with van der Waals surface area (Å²) in [4.78, 5) is 26.8. The Labute approximate surface area is 163 Å². The highest BCUT2D eigenvalue weighted by Gasteiger charge is 2.42. The van der Waals surface area contributed by atoms with Crippen LogP contribution in [0.25, 0.3) is 22.6 Å². The second-order valence-corrected chi connectivity index (χ2v) is 6.39. The van der Waals surface area contributed by atoms with E-state index in [4.69, 9.17) is 4.74 Å². The summed E-state index contributed by atoms with van der Waals surface area (Å²) in [7, 11) is 1.39. The molecular formula is C19H17F3N4O3. The van der Waals surface area contributed by atoms with Crippen molar-refractivity contribution in [1.82, 2.24) is 19.9 Å². The first-order valence-electron chi connectivity index (χ1n) is 8.53. The van der Waals surface area contributed by atoms with E-state index in [0.717, 1.165) is 11.9 Å². The van der Waals surface area contributed by atoms with Gasteiger partial charge in [0.2, 0.25) is 5.88 Å². The van der Waals surface area contributed by atoms with Crippen LogP contribution in [0.15, 0.2) is 36.8 Å². The number of hydrogen-bond donors (Lipinski definition) is 1. The van der Waals surface area contributed by atoms with E-state index >= 15 is 0 Å². The average molecular weight is 406 g/mol. The minimum Gasteiger partial charge on any atom is -0.495 e. The van der Waals surface area contributed by atoms with Crippen molar-refractivity contribution in [1.29, 1.82) is 0 Å². The molecule has 0 radical (unpaired) electrons. The lowest BCUT2D eigenvalue weighted by Crippen LogP contribution is -2.28. The van der Waals surface area contributed by atoms with Gasteiger partial charge in [0.15, 0.2) is 5.82 Å². The van der Waals surface area contributed by atoms with E-state index in [1.165, 1.54) is 19.4 Å². The minimum atomic E-state index is -5.15. The Morgan fingerprint density at radius 3 is 2.52 bits per heavy atom. The number of carbonyl (C=O) groups excluding carboxylic acids is 1. The fourth-order valence-corrected chi connectivity index (χ4v) is 2.47. The summed E-state index contributed by atoms with van der Waals surface area (Å²) >= 11 is 0. The molecule has 7 nitrogen and oxygen atoms in total. The lowest BCUT2D eigenvalue weighted by Gasteiger charge is -2.12. The molecule has 0 spiro atoms. The van der Waals surface area contributed by atoms with E-state index in [9.17, 15) is 18.0 Å². The van der Waals surface area contributed by atoms with E-state index < -0.39 is 18.0 Å². The van der Waals surface area contributed by atoms with Crippen molar-refractivity contribution < 1.29 is 27.4 Å². The van der Waals surface area contributed by atoms with Gasteiger partial charge in [-0.25, -0.2) is 14.8 Å². The summed E-state index contributed by atoms with van der Waals surface area (Å²) in [6.07, 6.45) is -0.829. The number of alkyl halides is 3. The lowest BCUT2D eigenvalue weighted by atomic mass is 10.1. The number of H-pyrrole nitrogens is 1. The first kappa shape index (κ1) is 20.3. The molecule has 1 N–H and O–H groups in total. The zero-order valence-electron chi connectivity index (χ0n) is 15.7. The molecular weight excluding hydrogens is 389 g/mol. The third kappa shape index (κ3) is 4.53. The van der Waals surface area contributed by atoms with Gasteiger partial charge in [-0.1, -0.05) is 13.8 Å². The quantitative estimate of drug-likeness (QED) is 0.641. The second-order valence-electron chi connectivity index (χ2n) is 6.39. The Morgan fingerprint density at radius 2 is 1.90 bits per heavy atom. The van der Waals surface area contributed by atoms with Gasteiger partial charge in [0.25, 0.3) is 0 Å². The number of nitrogens with zero attached hydrogens (tertiary/aromatic N) is 3. The molecule has 0 unspecified atom stereocenters. The smallest absolute Gasteiger partial charge is 0.491 e. The Kier molecular flexibility index (Phi) is 5.53. The zero-order valence-corrected chi connectivity index (χ0v) is 15.7. The fraction of sp³-hybridized carbons (Fsp3) is 0.263. The summed E-state index contributed by atoms with van der Waals surface area (Å²) in [5, 5.41) is 0. The Bertz CT molecular complexity index is 1030. The number of rotatable bonds is 5. The minimum absolute atomic E-state index is 0.140. The monoisotopic (exact) mass is 406 g/mol. The normalized spacial score (nSPS) is 11.6. The number of nitrogens with one attached hydrogen (secondary N) is 1.